The summed E-state index contributed by atoms with van der Waals surface area (Å²) in [6, 6.07) is 9.64. The minimum absolute atomic E-state index is 0.00642. The van der Waals surface area contributed by atoms with E-state index in [2.05, 4.69) is 14.8 Å². The molecule has 0 aliphatic rings. The number of benzene rings is 1. The second-order valence-electron chi connectivity index (χ2n) is 4.38. The van der Waals surface area contributed by atoms with Crippen molar-refractivity contribution in [3.8, 4) is 5.69 Å². The summed E-state index contributed by atoms with van der Waals surface area (Å²) in [4.78, 5) is 3.96. The maximum atomic E-state index is 12.5. The Labute approximate surface area is 132 Å². The number of nitrogens with zero attached hydrogens (tertiary/aromatic N) is 3. The maximum absolute atomic E-state index is 12.5. The number of hydrogen-bond acceptors (Lipinski definition) is 4. The Morgan fingerprint density at radius 3 is 2.64 bits per heavy atom. The average molecular weight is 335 g/mol. The Morgan fingerprint density at radius 1 is 1.09 bits per heavy atom. The monoisotopic (exact) mass is 334 g/mol. The molecule has 0 spiro atoms. The molecule has 8 heteroatoms. The first-order valence-electron chi connectivity index (χ1n) is 6.29. The van der Waals surface area contributed by atoms with Crippen molar-refractivity contribution < 1.29 is 8.42 Å². The molecule has 0 atom stereocenters. The first-order chi connectivity index (χ1) is 10.6. The standard InChI is InChI=1S/C14H11ClN4O2S/c15-11-4-1-2-5-14(11)22(20,21)18-12-10-16-8-6-13(12)19-9-3-7-17-19/h1-10,18H. The van der Waals surface area contributed by atoms with E-state index in [4.69, 9.17) is 11.6 Å². The first-order valence-corrected chi connectivity index (χ1v) is 8.15. The number of nitrogens with one attached hydrogen (secondary N) is 1. The summed E-state index contributed by atoms with van der Waals surface area (Å²) in [5.74, 6) is 0. The van der Waals surface area contributed by atoms with Crippen molar-refractivity contribution in [2.45, 2.75) is 4.90 Å². The summed E-state index contributed by atoms with van der Waals surface area (Å²) in [6.45, 7) is 0. The van der Waals surface area contributed by atoms with Gasteiger partial charge < -0.3 is 0 Å². The van der Waals surface area contributed by atoms with Gasteiger partial charge in [0.1, 0.15) is 4.90 Å². The fraction of sp³-hybridized carbons (Fsp3) is 0. The Morgan fingerprint density at radius 2 is 1.91 bits per heavy atom. The third-order valence-electron chi connectivity index (χ3n) is 2.92. The summed E-state index contributed by atoms with van der Waals surface area (Å²) in [7, 11) is -3.82. The van der Waals surface area contributed by atoms with Crippen molar-refractivity contribution in [2.75, 3.05) is 4.72 Å². The maximum Gasteiger partial charge on any atom is 0.263 e. The summed E-state index contributed by atoms with van der Waals surface area (Å²) in [5.41, 5.74) is 0.877. The lowest BCUT2D eigenvalue weighted by atomic mass is 10.3. The molecule has 6 nitrogen and oxygen atoms in total. The second kappa shape index (κ2) is 5.78. The van der Waals surface area contributed by atoms with Gasteiger partial charge in [0, 0.05) is 18.6 Å². The fourth-order valence-electron chi connectivity index (χ4n) is 1.94. The van der Waals surface area contributed by atoms with E-state index in [0.717, 1.165) is 0 Å². The number of anilines is 1. The van der Waals surface area contributed by atoms with Crippen LogP contribution in [-0.2, 0) is 10.0 Å². The van der Waals surface area contributed by atoms with Gasteiger partial charge in [0.2, 0.25) is 0 Å². The van der Waals surface area contributed by atoms with Crippen LogP contribution in [0.2, 0.25) is 5.02 Å². The van der Waals surface area contributed by atoms with Gasteiger partial charge in [-0.3, -0.25) is 9.71 Å². The van der Waals surface area contributed by atoms with E-state index in [0.29, 0.717) is 11.4 Å². The SMILES string of the molecule is O=S(=O)(Nc1cnccc1-n1cccn1)c1ccccc1Cl. The predicted molar refractivity (Wildman–Crippen MR) is 83.6 cm³/mol. The summed E-state index contributed by atoms with van der Waals surface area (Å²) < 4.78 is 29.0. The van der Waals surface area contributed by atoms with Gasteiger partial charge >= 0.3 is 0 Å². The molecule has 0 radical (unpaired) electrons. The van der Waals surface area contributed by atoms with Crippen LogP contribution >= 0.6 is 11.6 Å². The molecule has 0 saturated heterocycles. The number of halogens is 1. The number of pyridine rings is 1. The molecule has 0 aliphatic carbocycles. The zero-order valence-electron chi connectivity index (χ0n) is 11.2. The molecule has 112 valence electrons. The molecule has 1 aromatic carbocycles. The summed E-state index contributed by atoms with van der Waals surface area (Å²) in [5, 5.41) is 4.25. The molecule has 0 saturated carbocycles. The highest BCUT2D eigenvalue weighted by Crippen LogP contribution is 2.25. The molecule has 2 heterocycles. The van der Waals surface area contributed by atoms with E-state index in [-0.39, 0.29) is 9.92 Å². The van der Waals surface area contributed by atoms with Crippen LogP contribution in [0.4, 0.5) is 5.69 Å². The molecule has 1 N–H and O–H groups in total. The third kappa shape index (κ3) is 2.81. The van der Waals surface area contributed by atoms with Crippen LogP contribution < -0.4 is 4.72 Å². The van der Waals surface area contributed by atoms with Gasteiger partial charge in [-0.05, 0) is 24.3 Å². The topological polar surface area (TPSA) is 76.9 Å². The Kier molecular flexibility index (Phi) is 3.82. The molecule has 0 bridgehead atoms. The van der Waals surface area contributed by atoms with Crippen molar-refractivity contribution in [3.63, 3.8) is 0 Å². The molecule has 0 fully saturated rings. The first kappa shape index (κ1) is 14.6. The van der Waals surface area contributed by atoms with E-state index >= 15 is 0 Å². The Bertz CT molecular complexity index is 895. The van der Waals surface area contributed by atoms with E-state index in [1.165, 1.54) is 18.3 Å². The molecular formula is C14H11ClN4O2S. The van der Waals surface area contributed by atoms with Gasteiger partial charge in [-0.15, -0.1) is 0 Å². The smallest absolute Gasteiger partial charge is 0.263 e. The zero-order valence-corrected chi connectivity index (χ0v) is 12.8. The molecule has 0 unspecified atom stereocenters. The average Bonchev–Trinajstić information content (AvgIpc) is 3.02. The van der Waals surface area contributed by atoms with Gasteiger partial charge in [0.15, 0.2) is 0 Å². The van der Waals surface area contributed by atoms with Crippen molar-refractivity contribution in [1.29, 1.82) is 0 Å². The Hall–Kier alpha value is -2.38. The van der Waals surface area contributed by atoms with E-state index in [9.17, 15) is 8.42 Å². The van der Waals surface area contributed by atoms with Crippen LogP contribution in [0.25, 0.3) is 5.69 Å². The van der Waals surface area contributed by atoms with Gasteiger partial charge in [-0.1, -0.05) is 23.7 Å². The summed E-state index contributed by atoms with van der Waals surface area (Å²) >= 11 is 5.96. The van der Waals surface area contributed by atoms with Crippen LogP contribution in [-0.4, -0.2) is 23.2 Å². The lowest BCUT2D eigenvalue weighted by molar-refractivity contribution is 0.601. The van der Waals surface area contributed by atoms with Gasteiger partial charge in [-0.2, -0.15) is 5.10 Å². The van der Waals surface area contributed by atoms with Crippen molar-refractivity contribution in [1.82, 2.24) is 14.8 Å². The quantitative estimate of drug-likeness (QED) is 0.795. The van der Waals surface area contributed by atoms with Crippen molar-refractivity contribution >= 4 is 27.3 Å². The number of hydrogen-bond donors (Lipinski definition) is 1. The normalized spacial score (nSPS) is 11.3. The Balaban J connectivity index is 2.03. The van der Waals surface area contributed by atoms with Crippen LogP contribution in [0, 0.1) is 0 Å². The fourth-order valence-corrected chi connectivity index (χ4v) is 3.52. The van der Waals surface area contributed by atoms with E-state index < -0.39 is 10.0 Å². The van der Waals surface area contributed by atoms with Crippen molar-refractivity contribution in [2.24, 2.45) is 0 Å². The highest BCUT2D eigenvalue weighted by atomic mass is 35.5. The molecule has 22 heavy (non-hydrogen) atoms. The van der Waals surface area contributed by atoms with Crippen molar-refractivity contribution in [3.05, 3.63) is 66.2 Å². The number of sulfonamides is 1. The van der Waals surface area contributed by atoms with E-state index in [1.807, 2.05) is 0 Å². The third-order valence-corrected chi connectivity index (χ3v) is 4.79. The van der Waals surface area contributed by atoms with Crippen LogP contribution in [0.5, 0.6) is 0 Å². The molecule has 0 aliphatic heterocycles. The zero-order chi connectivity index (χ0) is 15.6. The van der Waals surface area contributed by atoms with Gasteiger partial charge in [-0.25, -0.2) is 13.1 Å². The predicted octanol–water partition coefficient (Wildman–Crippen LogP) is 2.72. The second-order valence-corrected chi connectivity index (χ2v) is 6.44. The molecular weight excluding hydrogens is 324 g/mol. The molecule has 3 aromatic rings. The minimum atomic E-state index is -3.82. The van der Waals surface area contributed by atoms with Crippen LogP contribution in [0.15, 0.2) is 66.1 Å². The van der Waals surface area contributed by atoms with Crippen LogP contribution in [0.1, 0.15) is 0 Å². The van der Waals surface area contributed by atoms with Gasteiger partial charge in [0.25, 0.3) is 10.0 Å². The van der Waals surface area contributed by atoms with E-state index in [1.54, 1.807) is 47.5 Å². The number of aromatic nitrogens is 3. The lowest BCUT2D eigenvalue weighted by Gasteiger charge is -2.12. The number of rotatable bonds is 4. The van der Waals surface area contributed by atoms with Gasteiger partial charge in [0.05, 0.1) is 22.6 Å². The lowest BCUT2D eigenvalue weighted by Crippen LogP contribution is -2.15. The summed E-state index contributed by atoms with van der Waals surface area (Å²) in [6.07, 6.45) is 6.30. The minimum Gasteiger partial charge on any atom is -0.276 e. The highest BCUT2D eigenvalue weighted by Gasteiger charge is 2.19. The molecule has 0 amide bonds. The van der Waals surface area contributed by atoms with Crippen LogP contribution in [0.3, 0.4) is 0 Å². The highest BCUT2D eigenvalue weighted by molar-refractivity contribution is 7.92. The molecule has 2 aromatic heterocycles. The molecule has 3 rings (SSSR count). The largest absolute Gasteiger partial charge is 0.276 e.